The summed E-state index contributed by atoms with van der Waals surface area (Å²) in [6, 6.07) is 8.03. The van der Waals surface area contributed by atoms with E-state index in [1.807, 2.05) is 45.0 Å². The maximum atomic E-state index is 11.7. The van der Waals surface area contributed by atoms with Crippen LogP contribution in [-0.2, 0) is 14.3 Å². The molecule has 0 spiro atoms. The van der Waals surface area contributed by atoms with Crippen LogP contribution in [0.2, 0.25) is 0 Å². The fraction of sp³-hybridized carbons (Fsp3) is 0.444. The van der Waals surface area contributed by atoms with Gasteiger partial charge in [-0.3, -0.25) is 0 Å². The molecule has 23 heavy (non-hydrogen) atoms. The van der Waals surface area contributed by atoms with Gasteiger partial charge in [0.25, 0.3) is 0 Å². The Kier molecular flexibility index (Phi) is 5.08. The molecule has 2 rings (SSSR count). The molecule has 1 aromatic carbocycles. The van der Waals surface area contributed by atoms with Gasteiger partial charge in [0.1, 0.15) is 5.60 Å². The minimum Gasteiger partial charge on any atom is -0.466 e. The van der Waals surface area contributed by atoms with E-state index in [0.29, 0.717) is 5.92 Å². The molecular formula is C18H23NO4. The van der Waals surface area contributed by atoms with E-state index in [2.05, 4.69) is 10.1 Å². The van der Waals surface area contributed by atoms with Crippen molar-refractivity contribution >= 4 is 18.1 Å². The molecule has 0 aliphatic heterocycles. The summed E-state index contributed by atoms with van der Waals surface area (Å²) in [6.45, 7) is 5.53. The second-order valence-electron chi connectivity index (χ2n) is 6.62. The molecule has 1 amide bonds. The van der Waals surface area contributed by atoms with Crippen molar-refractivity contribution in [1.82, 2.24) is 5.32 Å². The van der Waals surface area contributed by atoms with Gasteiger partial charge < -0.3 is 14.8 Å². The fourth-order valence-electron chi connectivity index (χ4n) is 2.27. The van der Waals surface area contributed by atoms with E-state index in [4.69, 9.17) is 4.74 Å². The molecule has 1 saturated carbocycles. The first kappa shape index (κ1) is 17.1. The van der Waals surface area contributed by atoms with Gasteiger partial charge in [0.2, 0.25) is 0 Å². The van der Waals surface area contributed by atoms with E-state index >= 15 is 0 Å². The van der Waals surface area contributed by atoms with Crippen LogP contribution in [0, 0.1) is 0 Å². The molecular weight excluding hydrogens is 294 g/mol. The Bertz CT molecular complexity index is 598. The van der Waals surface area contributed by atoms with Crippen LogP contribution in [0.3, 0.4) is 0 Å². The summed E-state index contributed by atoms with van der Waals surface area (Å²) in [4.78, 5) is 22.8. The summed E-state index contributed by atoms with van der Waals surface area (Å²) < 4.78 is 9.81. The molecule has 0 radical (unpaired) electrons. The summed E-state index contributed by atoms with van der Waals surface area (Å²) in [5.41, 5.74) is 1.61. The van der Waals surface area contributed by atoms with Gasteiger partial charge in [-0.2, -0.15) is 0 Å². The van der Waals surface area contributed by atoms with Gasteiger partial charge in [0.05, 0.1) is 7.11 Å². The zero-order chi connectivity index (χ0) is 17.0. The minimum absolute atomic E-state index is 0.126. The van der Waals surface area contributed by atoms with Gasteiger partial charge in [0.15, 0.2) is 0 Å². The number of amides is 1. The normalized spacial score (nSPS) is 20.2. The highest BCUT2D eigenvalue weighted by atomic mass is 16.6. The van der Waals surface area contributed by atoms with E-state index < -0.39 is 5.60 Å². The number of rotatable bonds is 4. The van der Waals surface area contributed by atoms with Crippen LogP contribution in [-0.4, -0.2) is 30.8 Å². The van der Waals surface area contributed by atoms with E-state index in [1.54, 1.807) is 6.08 Å². The number of nitrogens with one attached hydrogen (secondary N) is 1. The third-order valence-corrected chi connectivity index (χ3v) is 3.47. The van der Waals surface area contributed by atoms with Crippen molar-refractivity contribution in [2.24, 2.45) is 0 Å². The Morgan fingerprint density at radius 3 is 2.43 bits per heavy atom. The van der Waals surface area contributed by atoms with Crippen LogP contribution in [0.1, 0.15) is 44.2 Å². The molecule has 0 unspecified atom stereocenters. The predicted molar refractivity (Wildman–Crippen MR) is 88.0 cm³/mol. The first-order valence-corrected chi connectivity index (χ1v) is 7.64. The second-order valence-corrected chi connectivity index (χ2v) is 6.62. The van der Waals surface area contributed by atoms with E-state index in [0.717, 1.165) is 12.0 Å². The van der Waals surface area contributed by atoms with Crippen LogP contribution in [0.15, 0.2) is 30.3 Å². The Morgan fingerprint density at radius 1 is 1.22 bits per heavy atom. The Hall–Kier alpha value is -2.30. The maximum absolute atomic E-state index is 11.7. The topological polar surface area (TPSA) is 64.6 Å². The molecule has 5 heteroatoms. The number of methoxy groups -OCH3 is 1. The predicted octanol–water partition coefficient (Wildman–Crippen LogP) is 3.25. The summed E-state index contributed by atoms with van der Waals surface area (Å²) in [6.07, 6.45) is 3.64. The highest BCUT2D eigenvalue weighted by molar-refractivity contribution is 5.86. The largest absolute Gasteiger partial charge is 0.466 e. The lowest BCUT2D eigenvalue weighted by atomic mass is 10.1. The summed E-state index contributed by atoms with van der Waals surface area (Å²) in [5.74, 6) is -0.0564. The van der Waals surface area contributed by atoms with Crippen LogP contribution < -0.4 is 5.32 Å². The third-order valence-electron chi connectivity index (χ3n) is 3.47. The maximum Gasteiger partial charge on any atom is 0.407 e. The lowest BCUT2D eigenvalue weighted by molar-refractivity contribution is -0.134. The van der Waals surface area contributed by atoms with Gasteiger partial charge >= 0.3 is 12.1 Å². The van der Waals surface area contributed by atoms with Crippen molar-refractivity contribution in [2.45, 2.75) is 44.8 Å². The number of ether oxygens (including phenoxy) is 2. The number of alkyl carbamates (subject to hydrolysis) is 1. The SMILES string of the molecule is COC(=O)/C=C/c1ccc([C@H]2C[C@@H]2NC(=O)OC(C)(C)C)cc1. The summed E-state index contributed by atoms with van der Waals surface area (Å²) in [5, 5.41) is 2.88. The molecule has 1 aromatic rings. The zero-order valence-electron chi connectivity index (χ0n) is 14.0. The monoisotopic (exact) mass is 317 g/mol. The smallest absolute Gasteiger partial charge is 0.407 e. The molecule has 1 aliphatic carbocycles. The third kappa shape index (κ3) is 5.43. The molecule has 124 valence electrons. The molecule has 2 atom stereocenters. The first-order chi connectivity index (χ1) is 10.8. The van der Waals surface area contributed by atoms with Gasteiger partial charge in [-0.1, -0.05) is 24.3 Å². The lowest BCUT2D eigenvalue weighted by Crippen LogP contribution is -2.34. The Morgan fingerprint density at radius 2 is 1.87 bits per heavy atom. The molecule has 1 fully saturated rings. The van der Waals surface area contributed by atoms with Crippen molar-refractivity contribution in [3.8, 4) is 0 Å². The van der Waals surface area contributed by atoms with Crippen LogP contribution >= 0.6 is 0 Å². The highest BCUT2D eigenvalue weighted by Gasteiger charge is 2.40. The van der Waals surface area contributed by atoms with Gasteiger partial charge in [-0.15, -0.1) is 0 Å². The zero-order valence-corrected chi connectivity index (χ0v) is 14.0. The molecule has 0 bridgehead atoms. The van der Waals surface area contributed by atoms with Crippen LogP contribution in [0.25, 0.3) is 6.08 Å². The van der Waals surface area contributed by atoms with Crippen molar-refractivity contribution in [1.29, 1.82) is 0 Å². The number of esters is 1. The van der Waals surface area contributed by atoms with Crippen molar-refractivity contribution in [3.63, 3.8) is 0 Å². The van der Waals surface area contributed by atoms with Crippen molar-refractivity contribution < 1.29 is 19.1 Å². The summed E-state index contributed by atoms with van der Waals surface area (Å²) >= 11 is 0. The average Bonchev–Trinajstić information content (AvgIpc) is 3.22. The summed E-state index contributed by atoms with van der Waals surface area (Å²) in [7, 11) is 1.35. The van der Waals surface area contributed by atoms with E-state index in [-0.39, 0.29) is 18.1 Å². The Labute approximate surface area is 136 Å². The number of carbonyl (C=O) groups excluding carboxylic acids is 2. The molecule has 0 heterocycles. The Balaban J connectivity index is 1.86. The van der Waals surface area contributed by atoms with Crippen LogP contribution in [0.5, 0.6) is 0 Å². The number of benzene rings is 1. The minimum atomic E-state index is -0.484. The lowest BCUT2D eigenvalue weighted by Gasteiger charge is -2.19. The molecule has 1 N–H and O–H groups in total. The molecule has 1 aliphatic rings. The molecule has 0 aromatic heterocycles. The fourth-order valence-corrected chi connectivity index (χ4v) is 2.27. The number of carbonyl (C=O) groups is 2. The van der Waals surface area contributed by atoms with Crippen molar-refractivity contribution in [3.05, 3.63) is 41.5 Å². The molecule has 0 saturated heterocycles. The average molecular weight is 317 g/mol. The number of hydrogen-bond donors (Lipinski definition) is 1. The van der Waals surface area contributed by atoms with Gasteiger partial charge in [-0.25, -0.2) is 9.59 Å². The highest BCUT2D eigenvalue weighted by Crippen LogP contribution is 2.41. The van der Waals surface area contributed by atoms with E-state index in [9.17, 15) is 9.59 Å². The molecule has 5 nitrogen and oxygen atoms in total. The van der Waals surface area contributed by atoms with Gasteiger partial charge in [-0.05, 0) is 44.4 Å². The second kappa shape index (κ2) is 6.86. The quantitative estimate of drug-likeness (QED) is 0.684. The van der Waals surface area contributed by atoms with Crippen molar-refractivity contribution in [2.75, 3.05) is 7.11 Å². The first-order valence-electron chi connectivity index (χ1n) is 7.64. The van der Waals surface area contributed by atoms with E-state index in [1.165, 1.54) is 18.7 Å². The number of hydrogen-bond acceptors (Lipinski definition) is 4. The van der Waals surface area contributed by atoms with Gasteiger partial charge in [0, 0.05) is 18.0 Å². The standard InChI is InChI=1S/C18H23NO4/c1-18(2,3)23-17(21)19-15-11-14(15)13-8-5-12(6-9-13)7-10-16(20)22-4/h5-10,14-15H,11H2,1-4H3,(H,19,21)/b10-7+/t14-,15+/m1/s1. The van der Waals surface area contributed by atoms with Crippen LogP contribution in [0.4, 0.5) is 4.79 Å².